The molecule has 0 bridgehead atoms. The topological polar surface area (TPSA) is 41.7 Å². The van der Waals surface area contributed by atoms with Crippen LogP contribution < -0.4 is 9.64 Å². The van der Waals surface area contributed by atoms with Crippen LogP contribution in [0.1, 0.15) is 11.1 Å². The van der Waals surface area contributed by atoms with Crippen molar-refractivity contribution in [3.63, 3.8) is 0 Å². The number of benzene rings is 3. The van der Waals surface area contributed by atoms with Gasteiger partial charge < -0.3 is 14.2 Å². The summed E-state index contributed by atoms with van der Waals surface area (Å²) in [5.74, 6) is 1.85. The molecule has 0 saturated carbocycles. The summed E-state index contributed by atoms with van der Waals surface area (Å²) in [6.45, 7) is 4.21. The monoisotopic (exact) mass is 453 g/mol. The van der Waals surface area contributed by atoms with Crippen LogP contribution in [-0.4, -0.2) is 36.2 Å². The molecule has 1 aliphatic rings. The number of anilines is 1. The van der Waals surface area contributed by atoms with Gasteiger partial charge in [-0.15, -0.1) is 0 Å². The fourth-order valence-corrected chi connectivity index (χ4v) is 4.03. The molecule has 1 aromatic heterocycles. The molecule has 0 amide bonds. The average Bonchev–Trinajstić information content (AvgIpc) is 3.24. The zero-order chi connectivity index (χ0) is 22.8. The van der Waals surface area contributed by atoms with Crippen LogP contribution in [0, 0.1) is 0 Å². The van der Waals surface area contributed by atoms with Crippen LogP contribution in [0.25, 0.3) is 11.0 Å². The van der Waals surface area contributed by atoms with Crippen LogP contribution in [0.4, 0.5) is 19.0 Å². The normalized spacial score (nSPS) is 15.2. The van der Waals surface area contributed by atoms with E-state index in [2.05, 4.69) is 15.0 Å². The van der Waals surface area contributed by atoms with Crippen molar-refractivity contribution >= 4 is 16.8 Å². The second-order valence-electron chi connectivity index (χ2n) is 8.04. The van der Waals surface area contributed by atoms with E-state index in [0.29, 0.717) is 11.5 Å². The van der Waals surface area contributed by atoms with Crippen LogP contribution in [0.2, 0.25) is 0 Å². The van der Waals surface area contributed by atoms with E-state index in [9.17, 15) is 13.2 Å². The summed E-state index contributed by atoms with van der Waals surface area (Å²) < 4.78 is 49.4. The van der Waals surface area contributed by atoms with Gasteiger partial charge in [-0.1, -0.05) is 29.4 Å². The standard InChI is InChI=1S/C25H22F3N3O2/c26-25(27,28)19-8-10-20(11-9-19)32-21-5-3-4-18(16-21)17-30-12-14-31(15-13-30)24-22-6-1-2-7-23(22)33-29-24/h1-11,16H,12-15,17H2. The first kappa shape index (κ1) is 21.3. The second-order valence-corrected chi connectivity index (χ2v) is 8.04. The molecule has 2 heterocycles. The molecule has 0 spiro atoms. The van der Waals surface area contributed by atoms with Crippen LogP contribution in [0.5, 0.6) is 11.5 Å². The lowest BCUT2D eigenvalue weighted by Crippen LogP contribution is -2.46. The minimum absolute atomic E-state index is 0.369. The first-order chi connectivity index (χ1) is 16.0. The number of alkyl halides is 3. The number of hydrogen-bond donors (Lipinski definition) is 0. The largest absolute Gasteiger partial charge is 0.457 e. The van der Waals surface area contributed by atoms with E-state index in [1.54, 1.807) is 6.07 Å². The van der Waals surface area contributed by atoms with Crippen LogP contribution in [-0.2, 0) is 12.7 Å². The first-order valence-electron chi connectivity index (χ1n) is 10.7. The molecule has 0 atom stereocenters. The van der Waals surface area contributed by atoms with Crippen molar-refractivity contribution in [2.24, 2.45) is 0 Å². The van der Waals surface area contributed by atoms with Gasteiger partial charge in [0, 0.05) is 32.7 Å². The highest BCUT2D eigenvalue weighted by Crippen LogP contribution is 2.32. The van der Waals surface area contributed by atoms with Gasteiger partial charge in [0.1, 0.15) is 11.5 Å². The molecular formula is C25H22F3N3O2. The lowest BCUT2D eigenvalue weighted by atomic mass is 10.1. The highest BCUT2D eigenvalue weighted by molar-refractivity contribution is 5.88. The Morgan fingerprint density at radius 1 is 0.848 bits per heavy atom. The minimum Gasteiger partial charge on any atom is -0.457 e. The molecule has 1 saturated heterocycles. The SMILES string of the molecule is FC(F)(F)c1ccc(Oc2cccc(CN3CCN(c4noc5ccccc45)CC3)c2)cc1. The summed E-state index contributed by atoms with van der Waals surface area (Å²) in [7, 11) is 0. The van der Waals surface area contributed by atoms with Gasteiger partial charge in [-0.25, -0.2) is 0 Å². The number of hydrogen-bond acceptors (Lipinski definition) is 5. The lowest BCUT2D eigenvalue weighted by Gasteiger charge is -2.34. The van der Waals surface area contributed by atoms with Crippen molar-refractivity contribution < 1.29 is 22.4 Å². The molecule has 1 fully saturated rings. The third-order valence-electron chi connectivity index (χ3n) is 5.75. The number of ether oxygens (including phenoxy) is 1. The smallest absolute Gasteiger partial charge is 0.416 e. The maximum absolute atomic E-state index is 12.7. The van der Waals surface area contributed by atoms with Crippen LogP contribution in [0.3, 0.4) is 0 Å². The molecule has 1 aliphatic heterocycles. The highest BCUT2D eigenvalue weighted by atomic mass is 19.4. The number of rotatable bonds is 5. The summed E-state index contributed by atoms with van der Waals surface area (Å²) in [4.78, 5) is 4.60. The van der Waals surface area contributed by atoms with Gasteiger partial charge in [-0.3, -0.25) is 4.90 Å². The van der Waals surface area contributed by atoms with Gasteiger partial charge in [0.25, 0.3) is 0 Å². The molecule has 3 aromatic carbocycles. The fourth-order valence-electron chi connectivity index (χ4n) is 4.03. The molecule has 0 unspecified atom stereocenters. The Bertz CT molecular complexity index is 1230. The molecule has 170 valence electrons. The number of halogens is 3. The number of fused-ring (bicyclic) bond motifs is 1. The maximum atomic E-state index is 12.7. The van der Waals surface area contributed by atoms with Gasteiger partial charge >= 0.3 is 6.18 Å². The van der Waals surface area contributed by atoms with E-state index in [-0.39, 0.29) is 0 Å². The van der Waals surface area contributed by atoms with Crippen molar-refractivity contribution in [1.82, 2.24) is 10.1 Å². The van der Waals surface area contributed by atoms with E-state index in [1.165, 1.54) is 12.1 Å². The zero-order valence-corrected chi connectivity index (χ0v) is 17.8. The molecule has 8 heteroatoms. The van der Waals surface area contributed by atoms with Gasteiger partial charge in [-0.05, 0) is 54.1 Å². The van der Waals surface area contributed by atoms with Crippen molar-refractivity contribution in [2.75, 3.05) is 31.1 Å². The molecular weight excluding hydrogens is 431 g/mol. The molecule has 4 aromatic rings. The fraction of sp³-hybridized carbons (Fsp3) is 0.240. The number of piperazine rings is 1. The summed E-state index contributed by atoms with van der Waals surface area (Å²) in [5.41, 5.74) is 1.18. The minimum atomic E-state index is -4.36. The van der Waals surface area contributed by atoms with Gasteiger partial charge in [0.2, 0.25) is 0 Å². The average molecular weight is 453 g/mol. The predicted molar refractivity (Wildman–Crippen MR) is 119 cm³/mol. The van der Waals surface area contributed by atoms with Crippen LogP contribution in [0.15, 0.2) is 77.3 Å². The van der Waals surface area contributed by atoms with E-state index < -0.39 is 11.7 Å². The Morgan fingerprint density at radius 2 is 1.61 bits per heavy atom. The van der Waals surface area contributed by atoms with E-state index >= 15 is 0 Å². The molecule has 5 nitrogen and oxygen atoms in total. The molecule has 33 heavy (non-hydrogen) atoms. The molecule has 0 N–H and O–H groups in total. The maximum Gasteiger partial charge on any atom is 0.416 e. The Labute approximate surface area is 189 Å². The number of aromatic nitrogens is 1. The molecule has 0 radical (unpaired) electrons. The van der Waals surface area contributed by atoms with Gasteiger partial charge in [-0.2, -0.15) is 13.2 Å². The number of para-hydroxylation sites is 1. The quantitative estimate of drug-likeness (QED) is 0.373. The molecule has 5 rings (SSSR count). The number of nitrogens with zero attached hydrogens (tertiary/aromatic N) is 3. The Kier molecular flexibility index (Phi) is 5.68. The Hall–Kier alpha value is -3.52. The zero-order valence-electron chi connectivity index (χ0n) is 17.8. The second kappa shape index (κ2) is 8.78. The predicted octanol–water partition coefficient (Wildman–Crippen LogP) is 5.96. The Morgan fingerprint density at radius 3 is 2.36 bits per heavy atom. The summed E-state index contributed by atoms with van der Waals surface area (Å²) in [6, 6.07) is 20.2. The third-order valence-corrected chi connectivity index (χ3v) is 5.75. The van der Waals surface area contributed by atoms with E-state index in [1.807, 2.05) is 42.5 Å². The summed E-state index contributed by atoms with van der Waals surface area (Å²) in [5, 5.41) is 5.28. The van der Waals surface area contributed by atoms with E-state index in [0.717, 1.165) is 67.2 Å². The van der Waals surface area contributed by atoms with Crippen LogP contribution >= 0.6 is 0 Å². The third kappa shape index (κ3) is 4.80. The Balaban J connectivity index is 1.19. The first-order valence-corrected chi connectivity index (χ1v) is 10.7. The van der Waals surface area contributed by atoms with Crippen molar-refractivity contribution in [1.29, 1.82) is 0 Å². The summed E-state index contributed by atoms with van der Waals surface area (Å²) >= 11 is 0. The van der Waals surface area contributed by atoms with Crippen molar-refractivity contribution in [3.05, 3.63) is 83.9 Å². The summed E-state index contributed by atoms with van der Waals surface area (Å²) in [6.07, 6.45) is -4.36. The van der Waals surface area contributed by atoms with Crippen molar-refractivity contribution in [3.8, 4) is 11.5 Å². The van der Waals surface area contributed by atoms with Crippen molar-refractivity contribution in [2.45, 2.75) is 12.7 Å². The molecule has 0 aliphatic carbocycles. The van der Waals surface area contributed by atoms with Gasteiger partial charge in [0.05, 0.1) is 10.9 Å². The van der Waals surface area contributed by atoms with E-state index in [4.69, 9.17) is 9.26 Å². The lowest BCUT2D eigenvalue weighted by molar-refractivity contribution is -0.137. The highest BCUT2D eigenvalue weighted by Gasteiger charge is 2.30. The van der Waals surface area contributed by atoms with Gasteiger partial charge in [0.15, 0.2) is 11.4 Å².